The van der Waals surface area contributed by atoms with Gasteiger partial charge in [-0.3, -0.25) is 0 Å². The number of anilines is 3. The smallest absolute Gasteiger partial charge is 0.151 e. The first-order valence-corrected chi connectivity index (χ1v) is 46.0. The molecule has 0 fully saturated rings. The molecule has 7 heterocycles. The van der Waals surface area contributed by atoms with Crippen LogP contribution in [0.1, 0.15) is 11.1 Å². The summed E-state index contributed by atoms with van der Waals surface area (Å²) in [6.07, 6.45) is 6.53. The Kier molecular flexibility index (Phi) is 18.3. The zero-order chi connectivity index (χ0) is 88.6. The SMILES string of the molecule is Cc1ccc2c(c1)Oc1cc(C)ccc1N2c1ccc(-n2c3ccccc3c3cc4c(ccn4-c4ccccc4)cc32)cc1.c1ccc(-c2c3ccccc3c(-c3cccc(-n4c5ccccc5c5cc6c(ccn6-c6ccccc6)cc54)c3)c3ccccc23)cc1.c1ccc(-n2ccc3cc4c(cc32)c2ccccc2n4-c2ccc(-c3c4ccccc4cc4ccccc34)cc2)cc1. The fourth-order valence-corrected chi connectivity index (χ4v) is 21.4. The van der Waals surface area contributed by atoms with Gasteiger partial charge in [0, 0.05) is 107 Å². The normalized spacial score (nSPS) is 12.0. The topological polar surface area (TPSA) is 42.0 Å². The van der Waals surface area contributed by atoms with Gasteiger partial charge in [0.1, 0.15) is 0 Å². The summed E-state index contributed by atoms with van der Waals surface area (Å²) >= 11 is 0. The summed E-state index contributed by atoms with van der Waals surface area (Å²) in [5.41, 5.74) is 30.9. The molecule has 1 aliphatic rings. The fraction of sp³-hybridized carbons (Fsp3) is 0.0159. The summed E-state index contributed by atoms with van der Waals surface area (Å²) in [5.74, 6) is 1.75. The molecule has 0 bridgehead atoms. The maximum absolute atomic E-state index is 6.39. The zero-order valence-corrected chi connectivity index (χ0v) is 73.6. The minimum Gasteiger partial charge on any atom is -0.453 e. The molecule has 0 unspecified atom stereocenters. The standard InChI is InChI=1S/C46H30N2.C40H29N3O.C40H26N2/c1-3-14-31(15-4-1)45-37-21-7-9-23-39(37)46(40-24-10-8-22-38(40)45)33-16-13-19-35(28-33)48-42-25-12-11-20-36(42)41-30-43-32(29-44(41)48)26-27-47(43)34-17-5-2-6-18-34;1-26-12-18-35-39(22-26)44-40-23-27(2)13-19-36(40)43(35)31-16-14-30(15-17-31)42-34-11-7-6-10-32(34)33-25-37-28(24-38(33)42)20-21-41(37)29-8-4-3-5-9-29;1-2-12-31(13-3-1)41-23-22-30-25-39-36(26-38(30)41)35-16-8-9-17-37(35)42(39)32-20-18-27(19-21-32)40-33-14-6-4-10-28(33)24-29-11-5-7-15-34(29)40/h1-30H;3-25H,1-2H3;1-26H. The van der Waals surface area contributed by atoms with Crippen LogP contribution < -0.4 is 9.64 Å². The zero-order valence-electron chi connectivity index (χ0n) is 73.6. The van der Waals surface area contributed by atoms with Gasteiger partial charge < -0.3 is 37.0 Å². The van der Waals surface area contributed by atoms with Gasteiger partial charge in [0.25, 0.3) is 0 Å². The Labute approximate surface area is 773 Å². The molecule has 21 aromatic carbocycles. The van der Waals surface area contributed by atoms with Gasteiger partial charge >= 0.3 is 0 Å². The fourth-order valence-electron chi connectivity index (χ4n) is 21.4. The van der Waals surface area contributed by atoms with Gasteiger partial charge in [-0.15, -0.1) is 0 Å². The molecule has 1 aliphatic heterocycles. The molecule has 0 saturated carbocycles. The van der Waals surface area contributed by atoms with Crippen LogP contribution >= 0.6 is 0 Å². The van der Waals surface area contributed by atoms with E-state index in [-0.39, 0.29) is 0 Å². The van der Waals surface area contributed by atoms with E-state index in [1.165, 1.54) is 197 Å². The molecule has 8 heteroatoms. The number of aryl methyl sites for hydroxylation is 2. The van der Waals surface area contributed by atoms with Crippen molar-refractivity contribution in [2.75, 3.05) is 4.90 Å². The highest BCUT2D eigenvalue weighted by Gasteiger charge is 2.28. The van der Waals surface area contributed by atoms with Crippen molar-refractivity contribution in [3.05, 3.63) is 491 Å². The Hall–Kier alpha value is -17.7. The van der Waals surface area contributed by atoms with Crippen LogP contribution in [0.15, 0.2) is 480 Å². The lowest BCUT2D eigenvalue weighted by Gasteiger charge is -2.33. The summed E-state index contributed by atoms with van der Waals surface area (Å²) < 4.78 is 20.5. The number of hydrogen-bond donors (Lipinski definition) is 0. The van der Waals surface area contributed by atoms with Gasteiger partial charge in [-0.25, -0.2) is 0 Å². The molecule has 0 atom stereocenters. The molecule has 0 saturated heterocycles. The van der Waals surface area contributed by atoms with E-state index in [2.05, 4.69) is 526 Å². The van der Waals surface area contributed by atoms with Gasteiger partial charge in [-0.05, 0) is 290 Å². The lowest BCUT2D eigenvalue weighted by Crippen LogP contribution is -2.16. The minimum absolute atomic E-state index is 0.876. The number of hydrogen-bond acceptors (Lipinski definition) is 2. The molecule has 134 heavy (non-hydrogen) atoms. The lowest BCUT2D eigenvalue weighted by atomic mass is 9.86. The first-order chi connectivity index (χ1) is 66.3. The van der Waals surface area contributed by atoms with E-state index < -0.39 is 0 Å². The van der Waals surface area contributed by atoms with Crippen LogP contribution in [-0.4, -0.2) is 27.4 Å². The molecule has 8 nitrogen and oxygen atoms in total. The van der Waals surface area contributed by atoms with Crippen LogP contribution in [0.5, 0.6) is 11.5 Å². The van der Waals surface area contributed by atoms with E-state index in [0.717, 1.165) is 51.3 Å². The molecule has 27 aromatic rings. The molecule has 6 aromatic heterocycles. The van der Waals surface area contributed by atoms with Crippen molar-refractivity contribution >= 4 is 158 Å². The monoisotopic (exact) mass is 1710 g/mol. The Morgan fingerprint density at radius 1 is 0.172 bits per heavy atom. The van der Waals surface area contributed by atoms with Crippen molar-refractivity contribution < 1.29 is 4.74 Å². The lowest BCUT2D eigenvalue weighted by molar-refractivity contribution is 0.476. The summed E-state index contributed by atoms with van der Waals surface area (Å²) in [4.78, 5) is 2.30. The van der Waals surface area contributed by atoms with Crippen LogP contribution in [0.4, 0.5) is 17.1 Å². The average Bonchev–Trinajstić information content (AvgIpc) is 1.50. The quantitative estimate of drug-likeness (QED) is 0.128. The third kappa shape index (κ3) is 12.8. The highest BCUT2D eigenvalue weighted by Crippen LogP contribution is 2.53. The Morgan fingerprint density at radius 3 is 0.903 bits per heavy atom. The molecule has 0 radical (unpaired) electrons. The number of nitrogens with zero attached hydrogens (tertiary/aromatic N) is 7. The second kappa shape index (κ2) is 31.6. The molecular formula is C126H85N7O. The Morgan fingerprint density at radius 2 is 0.485 bits per heavy atom. The van der Waals surface area contributed by atoms with Gasteiger partial charge in [0.05, 0.1) is 61.0 Å². The predicted octanol–water partition coefficient (Wildman–Crippen LogP) is 34.0. The summed E-state index contributed by atoms with van der Waals surface area (Å²) in [6, 6.07) is 167. The van der Waals surface area contributed by atoms with Gasteiger partial charge in [0.15, 0.2) is 11.5 Å². The molecule has 0 amide bonds. The van der Waals surface area contributed by atoms with E-state index >= 15 is 0 Å². The predicted molar refractivity (Wildman–Crippen MR) is 563 cm³/mol. The second-order valence-electron chi connectivity index (χ2n) is 35.3. The highest BCUT2D eigenvalue weighted by molar-refractivity contribution is 6.23. The third-order valence-electron chi connectivity index (χ3n) is 27.4. The van der Waals surface area contributed by atoms with Crippen molar-refractivity contribution in [1.29, 1.82) is 0 Å². The van der Waals surface area contributed by atoms with E-state index in [1.807, 2.05) is 0 Å². The number of rotatable bonds is 10. The second-order valence-corrected chi connectivity index (χ2v) is 35.3. The highest BCUT2D eigenvalue weighted by atomic mass is 16.5. The third-order valence-corrected chi connectivity index (χ3v) is 27.4. The first-order valence-electron chi connectivity index (χ1n) is 46.0. The number of aromatic nitrogens is 6. The molecule has 28 rings (SSSR count). The Bertz CT molecular complexity index is 9190. The number of benzene rings is 21. The van der Waals surface area contributed by atoms with Gasteiger partial charge in [-0.2, -0.15) is 0 Å². The largest absolute Gasteiger partial charge is 0.453 e. The molecule has 0 spiro atoms. The first kappa shape index (κ1) is 77.4. The summed E-state index contributed by atoms with van der Waals surface area (Å²) in [7, 11) is 0. The molecular weight excluding hydrogens is 1630 g/mol. The summed E-state index contributed by atoms with van der Waals surface area (Å²) in [5, 5.41) is 21.4. The summed E-state index contributed by atoms with van der Waals surface area (Å²) in [6.45, 7) is 4.20. The van der Waals surface area contributed by atoms with Crippen LogP contribution in [0, 0.1) is 13.8 Å². The van der Waals surface area contributed by atoms with Gasteiger partial charge in [0.2, 0.25) is 0 Å². The van der Waals surface area contributed by atoms with Crippen molar-refractivity contribution in [2.45, 2.75) is 13.8 Å². The van der Waals surface area contributed by atoms with E-state index in [9.17, 15) is 0 Å². The molecule has 630 valence electrons. The van der Waals surface area contributed by atoms with Crippen molar-refractivity contribution in [1.82, 2.24) is 27.4 Å². The molecule has 0 N–H and O–H groups in total. The molecule has 0 aliphatic carbocycles. The van der Waals surface area contributed by atoms with Crippen molar-refractivity contribution in [3.63, 3.8) is 0 Å². The number of ether oxygens (including phenoxy) is 1. The van der Waals surface area contributed by atoms with E-state index in [0.29, 0.717) is 0 Å². The van der Waals surface area contributed by atoms with Crippen molar-refractivity contribution in [3.8, 4) is 79.0 Å². The minimum atomic E-state index is 0.876. The van der Waals surface area contributed by atoms with E-state index in [1.54, 1.807) is 0 Å². The average molecular weight is 1710 g/mol. The van der Waals surface area contributed by atoms with Crippen molar-refractivity contribution in [2.24, 2.45) is 0 Å². The van der Waals surface area contributed by atoms with E-state index in [4.69, 9.17) is 4.74 Å². The van der Waals surface area contributed by atoms with Gasteiger partial charge in [-0.1, -0.05) is 273 Å². The van der Waals surface area contributed by atoms with Crippen LogP contribution in [0.25, 0.3) is 209 Å². The van der Waals surface area contributed by atoms with Crippen LogP contribution in [0.2, 0.25) is 0 Å². The van der Waals surface area contributed by atoms with Crippen LogP contribution in [0.3, 0.4) is 0 Å². The maximum Gasteiger partial charge on any atom is 0.151 e. The van der Waals surface area contributed by atoms with Crippen LogP contribution in [-0.2, 0) is 0 Å². The Balaban J connectivity index is 0.000000105. The number of para-hydroxylation sites is 6. The maximum atomic E-state index is 6.39. The number of fused-ring (bicyclic) bond motifs is 18.